The van der Waals surface area contributed by atoms with E-state index in [0.717, 1.165) is 0 Å². The van der Waals surface area contributed by atoms with Gasteiger partial charge in [-0.05, 0) is 72.7 Å². The van der Waals surface area contributed by atoms with Gasteiger partial charge in [0, 0.05) is 0 Å². The highest BCUT2D eigenvalue weighted by atomic mass is 31.2. The third kappa shape index (κ3) is 2.91. The van der Waals surface area contributed by atoms with Crippen molar-refractivity contribution in [2.24, 2.45) is 0 Å². The Morgan fingerprint density at radius 1 is 0.769 bits per heavy atom. The number of hydrogen-bond donors (Lipinski definition) is 0. The molecule has 0 N–H and O–H groups in total. The molecule has 0 saturated heterocycles. The van der Waals surface area contributed by atoms with Crippen molar-refractivity contribution in [2.75, 3.05) is 6.16 Å². The van der Waals surface area contributed by atoms with E-state index in [1.807, 2.05) is 0 Å². The lowest BCUT2D eigenvalue weighted by Crippen LogP contribution is -2.26. The fourth-order valence-corrected chi connectivity index (χ4v) is 9.11. The molecule has 0 aliphatic carbocycles. The normalized spacial score (nSPS) is 18.8. The van der Waals surface area contributed by atoms with Crippen LogP contribution in [0, 0.1) is 13.8 Å². The summed E-state index contributed by atoms with van der Waals surface area (Å²) in [5.41, 5.74) is 6.14. The Kier molecular flexibility index (Phi) is 4.72. The lowest BCUT2D eigenvalue weighted by atomic mass is 9.90. The Hall–Kier alpha value is -1.91. The molecule has 3 aromatic rings. The van der Waals surface area contributed by atoms with E-state index in [-0.39, 0.29) is 0 Å². The van der Waals surface area contributed by atoms with Gasteiger partial charge in [-0.25, -0.2) is 0 Å². The standard InChI is InChI=1S/C25H28P/c1-19-14-15-24-20(2)16-17-26(18-25(24)21(19)3,22-10-6-4-7-11-22)23-12-8-5-9-13-23/h4-15,20H,16-18H2,1-3H3/q+1. The first-order valence-corrected chi connectivity index (χ1v) is 11.8. The molecule has 1 heteroatoms. The molecule has 0 fully saturated rings. The zero-order valence-electron chi connectivity index (χ0n) is 16.1. The predicted octanol–water partition coefficient (Wildman–Crippen LogP) is 5.98. The first kappa shape index (κ1) is 17.5. The molecule has 1 heterocycles. The van der Waals surface area contributed by atoms with Gasteiger partial charge in [-0.1, -0.05) is 55.5 Å². The van der Waals surface area contributed by atoms with Crippen LogP contribution in [0.3, 0.4) is 0 Å². The van der Waals surface area contributed by atoms with Crippen molar-refractivity contribution < 1.29 is 0 Å². The molecule has 0 aromatic heterocycles. The Morgan fingerprint density at radius 3 is 1.92 bits per heavy atom. The van der Waals surface area contributed by atoms with Gasteiger partial charge >= 0.3 is 0 Å². The van der Waals surface area contributed by atoms with E-state index in [1.165, 1.54) is 29.9 Å². The molecule has 3 aromatic carbocycles. The number of benzene rings is 3. The molecule has 0 bridgehead atoms. The van der Waals surface area contributed by atoms with Crippen LogP contribution < -0.4 is 10.6 Å². The average Bonchev–Trinajstić information content (AvgIpc) is 2.84. The lowest BCUT2D eigenvalue weighted by Gasteiger charge is -2.27. The van der Waals surface area contributed by atoms with Crippen LogP contribution in [0.25, 0.3) is 0 Å². The smallest absolute Gasteiger partial charge is 0.0620 e. The lowest BCUT2D eigenvalue weighted by molar-refractivity contribution is 0.737. The van der Waals surface area contributed by atoms with Gasteiger partial charge in [-0.3, -0.25) is 0 Å². The molecule has 4 rings (SSSR count). The van der Waals surface area contributed by atoms with Gasteiger partial charge in [0.25, 0.3) is 0 Å². The van der Waals surface area contributed by atoms with Crippen LogP contribution in [0.5, 0.6) is 0 Å². The van der Waals surface area contributed by atoms with Gasteiger partial charge in [0.05, 0.1) is 30.2 Å². The minimum Gasteiger partial charge on any atom is -0.0620 e. The van der Waals surface area contributed by atoms with Crippen LogP contribution in [0.4, 0.5) is 0 Å². The molecule has 0 spiro atoms. The van der Waals surface area contributed by atoms with Crippen LogP contribution in [0.15, 0.2) is 72.8 Å². The van der Waals surface area contributed by atoms with E-state index in [1.54, 1.807) is 21.7 Å². The maximum absolute atomic E-state index is 2.42. The Labute approximate surface area is 158 Å². The average molecular weight is 359 g/mol. The third-order valence-electron chi connectivity index (χ3n) is 6.31. The molecule has 132 valence electrons. The van der Waals surface area contributed by atoms with E-state index in [9.17, 15) is 0 Å². The zero-order chi connectivity index (χ0) is 18.1. The molecular formula is C25H28P+. The van der Waals surface area contributed by atoms with Crippen molar-refractivity contribution in [3.63, 3.8) is 0 Å². The Bertz CT molecular complexity index is 857. The fourth-order valence-electron chi connectivity index (χ4n) is 4.50. The maximum Gasteiger partial charge on any atom is 0.0995 e. The first-order chi connectivity index (χ1) is 12.6. The van der Waals surface area contributed by atoms with Crippen molar-refractivity contribution in [3.05, 3.63) is 95.1 Å². The molecule has 0 radical (unpaired) electrons. The highest BCUT2D eigenvalue weighted by molar-refractivity contribution is 7.88. The summed E-state index contributed by atoms with van der Waals surface area (Å²) in [4.78, 5) is 0. The molecule has 1 aliphatic heterocycles. The molecule has 26 heavy (non-hydrogen) atoms. The van der Waals surface area contributed by atoms with Crippen LogP contribution >= 0.6 is 7.26 Å². The van der Waals surface area contributed by atoms with Crippen LogP contribution in [0.2, 0.25) is 0 Å². The molecule has 1 atom stereocenters. The second-order valence-electron chi connectivity index (χ2n) is 7.79. The number of fused-ring (bicyclic) bond motifs is 1. The monoisotopic (exact) mass is 359 g/mol. The van der Waals surface area contributed by atoms with E-state index >= 15 is 0 Å². The van der Waals surface area contributed by atoms with E-state index in [2.05, 4.69) is 93.6 Å². The number of rotatable bonds is 2. The van der Waals surface area contributed by atoms with Crippen molar-refractivity contribution in [1.29, 1.82) is 0 Å². The van der Waals surface area contributed by atoms with Crippen LogP contribution in [-0.4, -0.2) is 6.16 Å². The molecular weight excluding hydrogens is 331 g/mol. The van der Waals surface area contributed by atoms with E-state index in [0.29, 0.717) is 5.92 Å². The minimum atomic E-state index is -1.45. The summed E-state index contributed by atoms with van der Waals surface area (Å²) in [7, 11) is -1.45. The van der Waals surface area contributed by atoms with Crippen molar-refractivity contribution in [3.8, 4) is 0 Å². The molecule has 0 amide bonds. The zero-order valence-corrected chi connectivity index (χ0v) is 17.0. The Morgan fingerprint density at radius 2 is 1.35 bits per heavy atom. The van der Waals surface area contributed by atoms with Gasteiger partial charge in [-0.15, -0.1) is 0 Å². The van der Waals surface area contributed by atoms with E-state index < -0.39 is 7.26 Å². The maximum atomic E-state index is 2.42. The summed E-state index contributed by atoms with van der Waals surface area (Å²) in [6, 6.07) is 27.4. The molecule has 1 unspecified atom stereocenters. The highest BCUT2D eigenvalue weighted by Crippen LogP contribution is 2.62. The summed E-state index contributed by atoms with van der Waals surface area (Å²) in [6.07, 6.45) is 3.77. The van der Waals surface area contributed by atoms with Gasteiger partial charge in [0.15, 0.2) is 0 Å². The molecule has 0 nitrogen and oxygen atoms in total. The predicted molar refractivity (Wildman–Crippen MR) is 117 cm³/mol. The summed E-state index contributed by atoms with van der Waals surface area (Å²) in [6.45, 7) is 7.01. The number of hydrogen-bond acceptors (Lipinski definition) is 0. The second kappa shape index (κ2) is 7.01. The fraction of sp³-hybridized carbons (Fsp3) is 0.280. The minimum absolute atomic E-state index is 0.638. The summed E-state index contributed by atoms with van der Waals surface area (Å²) in [5.74, 6) is 0.638. The van der Waals surface area contributed by atoms with Gasteiger partial charge in [0.2, 0.25) is 0 Å². The van der Waals surface area contributed by atoms with Gasteiger partial charge in [0.1, 0.15) is 0 Å². The molecule has 1 aliphatic rings. The SMILES string of the molecule is Cc1ccc2c(c1C)C[P+](c1ccccc1)(c1ccccc1)CCC2C. The molecule has 0 saturated carbocycles. The largest absolute Gasteiger partial charge is 0.0995 e. The number of aryl methyl sites for hydroxylation is 1. The van der Waals surface area contributed by atoms with Crippen LogP contribution in [-0.2, 0) is 6.16 Å². The Balaban J connectivity index is 1.97. The summed E-state index contributed by atoms with van der Waals surface area (Å²) >= 11 is 0. The van der Waals surface area contributed by atoms with Gasteiger partial charge < -0.3 is 0 Å². The van der Waals surface area contributed by atoms with Gasteiger partial charge in [-0.2, -0.15) is 0 Å². The first-order valence-electron chi connectivity index (χ1n) is 9.69. The summed E-state index contributed by atoms with van der Waals surface area (Å²) in [5, 5.41) is 3.12. The second-order valence-corrected chi connectivity index (χ2v) is 11.5. The van der Waals surface area contributed by atoms with Crippen molar-refractivity contribution in [1.82, 2.24) is 0 Å². The highest BCUT2D eigenvalue weighted by Gasteiger charge is 2.45. The topological polar surface area (TPSA) is 0 Å². The van der Waals surface area contributed by atoms with Crippen molar-refractivity contribution >= 4 is 17.9 Å². The third-order valence-corrected chi connectivity index (χ3v) is 10.8. The van der Waals surface area contributed by atoms with Crippen LogP contribution in [0.1, 0.15) is 41.5 Å². The quantitative estimate of drug-likeness (QED) is 0.494. The summed E-state index contributed by atoms with van der Waals surface area (Å²) < 4.78 is 0. The van der Waals surface area contributed by atoms with E-state index in [4.69, 9.17) is 0 Å². The van der Waals surface area contributed by atoms with Crippen molar-refractivity contribution in [2.45, 2.75) is 39.3 Å².